The van der Waals surface area contributed by atoms with Gasteiger partial charge in [0.2, 0.25) is 0 Å². The van der Waals surface area contributed by atoms with E-state index in [-0.39, 0.29) is 10.8 Å². The molecule has 0 heterocycles. The lowest BCUT2D eigenvalue weighted by Crippen LogP contribution is -2.23. The molecule has 1 aromatic rings. The molecule has 0 radical (unpaired) electrons. The second-order valence-corrected chi connectivity index (χ2v) is 5.81. The Hall–Kier alpha value is -0.920. The monoisotopic (exact) mass is 224 g/mol. The third-order valence-corrected chi connectivity index (χ3v) is 4.20. The van der Waals surface area contributed by atoms with Gasteiger partial charge in [0.15, 0.2) is 0 Å². The van der Waals surface area contributed by atoms with E-state index in [1.54, 1.807) is 6.07 Å². The highest BCUT2D eigenvalue weighted by Gasteiger charge is 2.64. The van der Waals surface area contributed by atoms with Crippen LogP contribution in [-0.4, -0.2) is 0 Å². The summed E-state index contributed by atoms with van der Waals surface area (Å²) in [5.41, 5.74) is 0.666. The summed E-state index contributed by atoms with van der Waals surface area (Å²) in [4.78, 5) is 0. The van der Waals surface area contributed by atoms with Gasteiger partial charge < -0.3 is 0 Å². The van der Waals surface area contributed by atoms with Crippen LogP contribution in [0.2, 0.25) is 0 Å². The molecule has 1 aromatic carbocycles. The molecule has 0 nitrogen and oxygen atoms in total. The van der Waals surface area contributed by atoms with E-state index in [0.29, 0.717) is 11.5 Å². The molecule has 1 fully saturated rings. The van der Waals surface area contributed by atoms with Crippen molar-refractivity contribution in [2.45, 2.75) is 39.5 Å². The quantitative estimate of drug-likeness (QED) is 0.703. The van der Waals surface area contributed by atoms with Gasteiger partial charge in [-0.15, -0.1) is 0 Å². The molecule has 88 valence electrons. The predicted molar refractivity (Wildman–Crippen MR) is 61.3 cm³/mol. The van der Waals surface area contributed by atoms with Crippen molar-refractivity contribution >= 4 is 0 Å². The number of hydrogen-bond donors (Lipinski definition) is 0. The van der Waals surface area contributed by atoms with E-state index in [1.807, 2.05) is 0 Å². The molecule has 0 aliphatic heterocycles. The molecular formula is C14H18F2. The van der Waals surface area contributed by atoms with Gasteiger partial charge in [-0.05, 0) is 29.4 Å². The Balaban J connectivity index is 2.51. The molecule has 0 N–H and O–H groups in total. The molecule has 1 unspecified atom stereocenters. The van der Waals surface area contributed by atoms with E-state index in [0.717, 1.165) is 12.5 Å². The zero-order valence-corrected chi connectivity index (χ0v) is 10.3. The van der Waals surface area contributed by atoms with Crippen LogP contribution in [0, 0.1) is 23.0 Å². The maximum absolute atomic E-state index is 13.8. The summed E-state index contributed by atoms with van der Waals surface area (Å²) < 4.78 is 26.8. The summed E-state index contributed by atoms with van der Waals surface area (Å²) in [6.07, 6.45) is 0.972. The topological polar surface area (TPSA) is 0 Å². The van der Waals surface area contributed by atoms with Crippen molar-refractivity contribution in [2.75, 3.05) is 0 Å². The molecule has 1 saturated carbocycles. The minimum Gasteiger partial charge on any atom is -0.207 e. The molecule has 1 aliphatic carbocycles. The van der Waals surface area contributed by atoms with Crippen LogP contribution in [-0.2, 0) is 5.41 Å². The largest absolute Gasteiger partial charge is 0.207 e. The number of hydrogen-bond acceptors (Lipinski definition) is 0. The average Bonchev–Trinajstić information content (AvgIpc) is 2.70. The predicted octanol–water partition coefficient (Wildman–Crippen LogP) is 4.29. The van der Waals surface area contributed by atoms with Crippen LogP contribution in [0.5, 0.6) is 0 Å². The van der Waals surface area contributed by atoms with Gasteiger partial charge in [0.1, 0.15) is 11.6 Å². The van der Waals surface area contributed by atoms with Gasteiger partial charge in [-0.3, -0.25) is 0 Å². The van der Waals surface area contributed by atoms with E-state index in [2.05, 4.69) is 27.7 Å². The molecule has 2 heteroatoms. The fraction of sp³-hybridized carbons (Fsp3) is 0.571. The van der Waals surface area contributed by atoms with Crippen LogP contribution < -0.4 is 0 Å². The van der Waals surface area contributed by atoms with Crippen molar-refractivity contribution < 1.29 is 8.78 Å². The second kappa shape index (κ2) is 3.28. The molecule has 1 atom stereocenters. The minimum absolute atomic E-state index is 0.111. The molecule has 1 aliphatic rings. The number of benzene rings is 1. The van der Waals surface area contributed by atoms with Crippen molar-refractivity contribution in [3.8, 4) is 0 Å². The van der Waals surface area contributed by atoms with Crippen molar-refractivity contribution in [3.05, 3.63) is 35.4 Å². The SMILES string of the molecule is CC(C)C1(c2ccc(F)cc2F)CC1(C)C. The number of halogens is 2. The van der Waals surface area contributed by atoms with Crippen molar-refractivity contribution in [3.63, 3.8) is 0 Å². The van der Waals surface area contributed by atoms with Crippen molar-refractivity contribution in [1.29, 1.82) is 0 Å². The Morgan fingerprint density at radius 2 is 1.75 bits per heavy atom. The summed E-state index contributed by atoms with van der Waals surface area (Å²) in [6.45, 7) is 8.51. The zero-order valence-electron chi connectivity index (χ0n) is 10.3. The van der Waals surface area contributed by atoms with Crippen LogP contribution in [0.3, 0.4) is 0 Å². The summed E-state index contributed by atoms with van der Waals surface area (Å²) in [7, 11) is 0. The molecule has 0 spiro atoms. The van der Waals surface area contributed by atoms with Gasteiger partial charge >= 0.3 is 0 Å². The highest BCUT2D eigenvalue weighted by atomic mass is 19.1. The first kappa shape index (κ1) is 11.6. The fourth-order valence-corrected chi connectivity index (χ4v) is 3.26. The Morgan fingerprint density at radius 3 is 2.12 bits per heavy atom. The van der Waals surface area contributed by atoms with E-state index in [1.165, 1.54) is 6.07 Å². The van der Waals surface area contributed by atoms with Crippen LogP contribution in [0.15, 0.2) is 18.2 Å². The van der Waals surface area contributed by atoms with E-state index < -0.39 is 11.6 Å². The molecule has 0 aromatic heterocycles. The lowest BCUT2D eigenvalue weighted by Gasteiger charge is -2.26. The standard InChI is InChI=1S/C14H18F2/c1-9(2)14(8-13(14,3)4)11-6-5-10(15)7-12(11)16/h5-7,9H,8H2,1-4H3. The van der Waals surface area contributed by atoms with Crippen LogP contribution in [0.1, 0.15) is 39.7 Å². The van der Waals surface area contributed by atoms with E-state index in [9.17, 15) is 8.78 Å². The van der Waals surface area contributed by atoms with Gasteiger partial charge in [0, 0.05) is 11.5 Å². The van der Waals surface area contributed by atoms with E-state index >= 15 is 0 Å². The minimum atomic E-state index is -0.501. The van der Waals surface area contributed by atoms with Crippen LogP contribution in [0.4, 0.5) is 8.78 Å². The summed E-state index contributed by atoms with van der Waals surface area (Å²) in [5, 5.41) is 0. The second-order valence-electron chi connectivity index (χ2n) is 5.81. The molecule has 2 rings (SSSR count). The highest BCUT2D eigenvalue weighted by Crippen LogP contribution is 2.68. The van der Waals surface area contributed by atoms with E-state index in [4.69, 9.17) is 0 Å². The highest BCUT2D eigenvalue weighted by molar-refractivity contribution is 5.39. The van der Waals surface area contributed by atoms with Gasteiger partial charge in [-0.1, -0.05) is 33.8 Å². The first-order chi connectivity index (χ1) is 7.31. The third kappa shape index (κ3) is 1.39. The Morgan fingerprint density at radius 1 is 1.19 bits per heavy atom. The number of rotatable bonds is 2. The van der Waals surface area contributed by atoms with Gasteiger partial charge in [-0.2, -0.15) is 0 Å². The summed E-state index contributed by atoms with van der Waals surface area (Å²) in [5.74, 6) is -0.541. The fourth-order valence-electron chi connectivity index (χ4n) is 3.26. The lowest BCUT2D eigenvalue weighted by molar-refractivity contribution is 0.369. The lowest BCUT2D eigenvalue weighted by atomic mass is 9.78. The Kier molecular flexibility index (Phi) is 2.37. The Bertz CT molecular complexity index is 421. The molecule has 0 bridgehead atoms. The van der Waals surface area contributed by atoms with Gasteiger partial charge in [0.05, 0.1) is 0 Å². The first-order valence-electron chi connectivity index (χ1n) is 5.77. The average molecular weight is 224 g/mol. The molecule has 0 saturated heterocycles. The maximum Gasteiger partial charge on any atom is 0.129 e. The molecule has 0 amide bonds. The van der Waals surface area contributed by atoms with Crippen LogP contribution in [0.25, 0.3) is 0 Å². The zero-order chi connectivity index (χ0) is 12.1. The van der Waals surface area contributed by atoms with Crippen molar-refractivity contribution in [2.24, 2.45) is 11.3 Å². The van der Waals surface area contributed by atoms with Gasteiger partial charge in [-0.25, -0.2) is 8.78 Å². The summed E-state index contributed by atoms with van der Waals surface area (Å²) >= 11 is 0. The van der Waals surface area contributed by atoms with Gasteiger partial charge in [0.25, 0.3) is 0 Å². The smallest absolute Gasteiger partial charge is 0.129 e. The summed E-state index contributed by atoms with van der Waals surface area (Å²) in [6, 6.07) is 3.96. The van der Waals surface area contributed by atoms with Crippen molar-refractivity contribution in [1.82, 2.24) is 0 Å². The van der Waals surface area contributed by atoms with Crippen LogP contribution >= 0.6 is 0 Å². The third-order valence-electron chi connectivity index (χ3n) is 4.20. The first-order valence-corrected chi connectivity index (χ1v) is 5.77. The maximum atomic E-state index is 13.8. The molecule has 16 heavy (non-hydrogen) atoms. The normalized spacial score (nSPS) is 27.2. The molecular weight excluding hydrogens is 206 g/mol. The Labute approximate surface area is 95.7 Å².